The molecule has 1 saturated carbocycles. The average Bonchev–Trinajstić information content (AvgIpc) is 2.22. The molecule has 1 aromatic carbocycles. The predicted molar refractivity (Wildman–Crippen MR) is 74.6 cm³/mol. The molecule has 1 unspecified atom stereocenters. The second-order valence-electron chi connectivity index (χ2n) is 5.17. The number of hydrogen-bond acceptors (Lipinski definition) is 1. The molecule has 1 nitrogen and oxygen atoms in total. The molecule has 0 heterocycles. The van der Waals surface area contributed by atoms with E-state index >= 15 is 0 Å². The van der Waals surface area contributed by atoms with Crippen LogP contribution >= 0.6 is 11.6 Å². The van der Waals surface area contributed by atoms with Crippen molar-refractivity contribution in [2.75, 3.05) is 6.54 Å². The largest absolute Gasteiger partial charge is 0.310 e. The quantitative estimate of drug-likeness (QED) is 0.813. The van der Waals surface area contributed by atoms with Crippen molar-refractivity contribution in [1.82, 2.24) is 5.32 Å². The summed E-state index contributed by atoms with van der Waals surface area (Å²) in [4.78, 5) is 0. The van der Waals surface area contributed by atoms with Gasteiger partial charge in [-0.15, -0.1) is 0 Å². The SMILES string of the molecule is CCNC(CC1CCC1)c1ccc(C)cc1Cl. The Morgan fingerprint density at radius 2 is 2.18 bits per heavy atom. The minimum absolute atomic E-state index is 0.429. The summed E-state index contributed by atoms with van der Waals surface area (Å²) < 4.78 is 0. The molecule has 2 rings (SSSR count). The van der Waals surface area contributed by atoms with Crippen LogP contribution in [0.3, 0.4) is 0 Å². The third kappa shape index (κ3) is 3.23. The van der Waals surface area contributed by atoms with Crippen LogP contribution in [0.5, 0.6) is 0 Å². The Morgan fingerprint density at radius 3 is 2.71 bits per heavy atom. The van der Waals surface area contributed by atoms with Gasteiger partial charge in [0.25, 0.3) is 0 Å². The fraction of sp³-hybridized carbons (Fsp3) is 0.600. The fourth-order valence-corrected chi connectivity index (χ4v) is 2.91. The molecule has 0 aromatic heterocycles. The van der Waals surface area contributed by atoms with Gasteiger partial charge in [-0.05, 0) is 43.0 Å². The minimum atomic E-state index is 0.429. The Balaban J connectivity index is 2.12. The molecule has 0 spiro atoms. The molecular weight excluding hydrogens is 230 g/mol. The van der Waals surface area contributed by atoms with Crippen molar-refractivity contribution < 1.29 is 0 Å². The molecule has 0 radical (unpaired) electrons. The molecular formula is C15H22ClN. The van der Waals surface area contributed by atoms with Gasteiger partial charge in [0.2, 0.25) is 0 Å². The zero-order valence-corrected chi connectivity index (χ0v) is 11.6. The van der Waals surface area contributed by atoms with Gasteiger partial charge in [-0.25, -0.2) is 0 Å². The molecule has 1 aliphatic carbocycles. The average molecular weight is 252 g/mol. The van der Waals surface area contributed by atoms with E-state index < -0.39 is 0 Å². The van der Waals surface area contributed by atoms with Crippen LogP contribution in [0, 0.1) is 12.8 Å². The van der Waals surface area contributed by atoms with Gasteiger partial charge < -0.3 is 5.32 Å². The second-order valence-corrected chi connectivity index (χ2v) is 5.58. The normalized spacial score (nSPS) is 17.8. The van der Waals surface area contributed by atoms with Gasteiger partial charge in [-0.2, -0.15) is 0 Å². The van der Waals surface area contributed by atoms with Crippen molar-refractivity contribution in [3.63, 3.8) is 0 Å². The first-order valence-corrected chi connectivity index (χ1v) is 7.08. The number of nitrogens with one attached hydrogen (secondary N) is 1. The molecule has 1 N–H and O–H groups in total. The van der Waals surface area contributed by atoms with Gasteiger partial charge in [0.05, 0.1) is 0 Å². The number of benzene rings is 1. The highest BCUT2D eigenvalue weighted by molar-refractivity contribution is 6.31. The maximum atomic E-state index is 6.36. The van der Waals surface area contributed by atoms with E-state index in [0.29, 0.717) is 6.04 Å². The second kappa shape index (κ2) is 5.88. The molecule has 2 heteroatoms. The van der Waals surface area contributed by atoms with Crippen molar-refractivity contribution in [3.8, 4) is 0 Å². The molecule has 0 amide bonds. The third-order valence-electron chi connectivity index (χ3n) is 3.78. The zero-order chi connectivity index (χ0) is 12.3. The van der Waals surface area contributed by atoms with Crippen molar-refractivity contribution in [2.24, 2.45) is 5.92 Å². The van der Waals surface area contributed by atoms with Crippen LogP contribution in [0.15, 0.2) is 18.2 Å². The summed E-state index contributed by atoms with van der Waals surface area (Å²) in [5.41, 5.74) is 2.50. The Hall–Kier alpha value is -0.530. The topological polar surface area (TPSA) is 12.0 Å². The third-order valence-corrected chi connectivity index (χ3v) is 4.10. The Bertz CT molecular complexity index is 371. The maximum absolute atomic E-state index is 6.36. The lowest BCUT2D eigenvalue weighted by molar-refractivity contribution is 0.262. The van der Waals surface area contributed by atoms with Crippen LogP contribution in [-0.2, 0) is 0 Å². The lowest BCUT2D eigenvalue weighted by Gasteiger charge is -2.30. The molecule has 0 saturated heterocycles. The molecule has 94 valence electrons. The van der Waals surface area contributed by atoms with Crippen LogP contribution in [0.25, 0.3) is 0 Å². The van der Waals surface area contributed by atoms with E-state index in [1.54, 1.807) is 0 Å². The van der Waals surface area contributed by atoms with Gasteiger partial charge in [0.1, 0.15) is 0 Å². The summed E-state index contributed by atoms with van der Waals surface area (Å²) >= 11 is 6.36. The molecule has 1 fully saturated rings. The highest BCUT2D eigenvalue weighted by atomic mass is 35.5. The summed E-state index contributed by atoms with van der Waals surface area (Å²) in [7, 11) is 0. The van der Waals surface area contributed by atoms with Crippen molar-refractivity contribution in [2.45, 2.75) is 45.6 Å². The monoisotopic (exact) mass is 251 g/mol. The number of halogens is 1. The summed E-state index contributed by atoms with van der Waals surface area (Å²) in [6, 6.07) is 6.84. The highest BCUT2D eigenvalue weighted by Crippen LogP contribution is 2.36. The van der Waals surface area contributed by atoms with Crippen LogP contribution in [-0.4, -0.2) is 6.54 Å². The summed E-state index contributed by atoms with van der Waals surface area (Å²) in [6.07, 6.45) is 5.43. The lowest BCUT2D eigenvalue weighted by atomic mass is 9.79. The first-order chi connectivity index (χ1) is 8.20. The van der Waals surface area contributed by atoms with Crippen LogP contribution < -0.4 is 5.32 Å². The maximum Gasteiger partial charge on any atom is 0.0456 e. The summed E-state index contributed by atoms with van der Waals surface area (Å²) in [5.74, 6) is 0.899. The van der Waals surface area contributed by atoms with Crippen LogP contribution in [0.4, 0.5) is 0 Å². The van der Waals surface area contributed by atoms with Gasteiger partial charge in [0, 0.05) is 11.1 Å². The van der Waals surface area contributed by atoms with Crippen molar-refractivity contribution >= 4 is 11.6 Å². The first-order valence-electron chi connectivity index (χ1n) is 6.70. The Kier molecular flexibility index (Phi) is 4.47. The molecule has 17 heavy (non-hydrogen) atoms. The Morgan fingerprint density at radius 1 is 1.41 bits per heavy atom. The smallest absolute Gasteiger partial charge is 0.0456 e. The molecule has 1 aromatic rings. The zero-order valence-electron chi connectivity index (χ0n) is 10.8. The van der Waals surface area contributed by atoms with E-state index in [1.165, 1.54) is 36.8 Å². The van der Waals surface area contributed by atoms with E-state index in [1.807, 2.05) is 0 Å². The lowest BCUT2D eigenvalue weighted by Crippen LogP contribution is -2.26. The van der Waals surface area contributed by atoms with E-state index in [9.17, 15) is 0 Å². The summed E-state index contributed by atoms with van der Waals surface area (Å²) in [6.45, 7) is 5.25. The highest BCUT2D eigenvalue weighted by Gasteiger charge is 2.23. The Labute approximate surface area is 110 Å². The van der Waals surface area contributed by atoms with E-state index in [0.717, 1.165) is 17.5 Å². The minimum Gasteiger partial charge on any atom is -0.310 e. The fourth-order valence-electron chi connectivity index (χ4n) is 2.54. The van der Waals surface area contributed by atoms with Gasteiger partial charge >= 0.3 is 0 Å². The summed E-state index contributed by atoms with van der Waals surface area (Å²) in [5, 5.41) is 4.49. The van der Waals surface area contributed by atoms with Gasteiger partial charge in [-0.3, -0.25) is 0 Å². The number of hydrogen-bond donors (Lipinski definition) is 1. The van der Waals surface area contributed by atoms with Crippen LogP contribution in [0.2, 0.25) is 5.02 Å². The van der Waals surface area contributed by atoms with Crippen molar-refractivity contribution in [3.05, 3.63) is 34.3 Å². The standard InChI is InChI=1S/C15H22ClN/c1-3-17-15(10-12-5-4-6-12)13-8-7-11(2)9-14(13)16/h7-9,12,15,17H,3-6,10H2,1-2H3. The first kappa shape index (κ1) is 12.9. The van der Waals surface area contributed by atoms with Gasteiger partial charge in [-0.1, -0.05) is 49.9 Å². The van der Waals surface area contributed by atoms with E-state index in [4.69, 9.17) is 11.6 Å². The number of aryl methyl sites for hydroxylation is 1. The number of rotatable bonds is 5. The van der Waals surface area contributed by atoms with Gasteiger partial charge in [0.15, 0.2) is 0 Å². The van der Waals surface area contributed by atoms with Crippen LogP contribution in [0.1, 0.15) is 49.8 Å². The molecule has 1 aliphatic rings. The van der Waals surface area contributed by atoms with Crippen molar-refractivity contribution in [1.29, 1.82) is 0 Å². The molecule has 0 bridgehead atoms. The van der Waals surface area contributed by atoms with E-state index in [-0.39, 0.29) is 0 Å². The predicted octanol–water partition coefficient (Wildman–Crippen LogP) is 4.49. The molecule has 1 atom stereocenters. The van der Waals surface area contributed by atoms with E-state index in [2.05, 4.69) is 37.4 Å². The molecule has 0 aliphatic heterocycles.